The summed E-state index contributed by atoms with van der Waals surface area (Å²) in [7, 11) is 0. The Kier molecular flexibility index (Phi) is 9.37. The van der Waals surface area contributed by atoms with Crippen LogP contribution in [-0.4, -0.2) is 69.1 Å². The largest absolute Gasteiger partial charge is 0.457 e. The molecule has 0 aromatic rings. The Labute approximate surface area is 259 Å². The summed E-state index contributed by atoms with van der Waals surface area (Å²) in [5.41, 5.74) is 2.49. The van der Waals surface area contributed by atoms with Gasteiger partial charge in [0.05, 0.1) is 24.4 Å². The summed E-state index contributed by atoms with van der Waals surface area (Å²) in [6.07, 6.45) is 4.29. The molecule has 0 amide bonds. The summed E-state index contributed by atoms with van der Waals surface area (Å²) in [6.45, 7) is 18.8. The van der Waals surface area contributed by atoms with Crippen LogP contribution in [0.3, 0.4) is 0 Å². The summed E-state index contributed by atoms with van der Waals surface area (Å²) in [4.78, 5) is 11.5. The van der Waals surface area contributed by atoms with Crippen molar-refractivity contribution in [3.63, 3.8) is 0 Å². The number of hydrogen-bond acceptors (Lipinski definition) is 7. The number of carbonyl (C=O) groups excluding carboxylic acids is 1. The molecule has 0 aromatic heterocycles. The molecule has 43 heavy (non-hydrogen) atoms. The minimum atomic E-state index is -1.20. The molecule has 7 heteroatoms. The molecule has 4 aliphatic carbocycles. The van der Waals surface area contributed by atoms with E-state index in [1.807, 2.05) is 0 Å². The van der Waals surface area contributed by atoms with Crippen LogP contribution in [-0.2, 0) is 14.3 Å². The highest BCUT2D eigenvalue weighted by Crippen LogP contribution is 2.68. The molecule has 15 atom stereocenters. The van der Waals surface area contributed by atoms with Crippen LogP contribution >= 0.6 is 0 Å². The van der Waals surface area contributed by atoms with E-state index in [1.54, 1.807) is 6.92 Å². The SMILES string of the molecule is C=C(CC[C@@H](C)[C@H]1[C@@H](O)C[C@H]2[C@@H]3[C@@H](O)C=C4C[C@@H]([C@@H]5O[C@@H](C)[C@@H](OC(C)=O)[C@@H](O)[C@@H]5O)CC[C@]4(C)[C@H]3CC[C@]12C)C(C)C. The number of fused-ring (bicyclic) bond motifs is 5. The molecular formula is C36H58O7. The van der Waals surface area contributed by atoms with Gasteiger partial charge in [-0.25, -0.2) is 0 Å². The molecule has 0 bridgehead atoms. The number of carbonyl (C=O) groups is 1. The zero-order valence-electron chi connectivity index (χ0n) is 27.5. The van der Waals surface area contributed by atoms with Crippen LogP contribution in [0.15, 0.2) is 23.8 Å². The number of esters is 1. The minimum absolute atomic E-state index is 0.00133. The minimum Gasteiger partial charge on any atom is -0.457 e. The average Bonchev–Trinajstić information content (AvgIpc) is 3.21. The van der Waals surface area contributed by atoms with Gasteiger partial charge in [-0.15, -0.1) is 0 Å². The van der Waals surface area contributed by atoms with Crippen LogP contribution in [0.2, 0.25) is 0 Å². The molecule has 4 N–H and O–H groups in total. The standard InChI is InChI=1S/C36H58O7/c1-18(2)19(3)9-10-20(4)30-28(39)17-26-29-25(12-14-36(26,30)8)35(7)13-11-23(15-24(35)16-27(29)38)34-32(41)31(40)33(21(5)42-34)43-22(6)37/h16,18,20-21,23,25-34,38-41H,3,9-15,17H2,1-2,4-8H3/t20-,21+,23+,25+,26+,27+,28+,29-,30+,31+,32+,33-,34+,35+,36+/m1/s1. The topological polar surface area (TPSA) is 116 Å². The maximum Gasteiger partial charge on any atom is 0.303 e. The molecule has 0 radical (unpaired) electrons. The van der Waals surface area contributed by atoms with Crippen molar-refractivity contribution in [2.75, 3.05) is 0 Å². The zero-order valence-corrected chi connectivity index (χ0v) is 27.5. The van der Waals surface area contributed by atoms with Crippen molar-refractivity contribution in [1.82, 2.24) is 0 Å². The number of hydrogen-bond donors (Lipinski definition) is 4. The van der Waals surface area contributed by atoms with E-state index < -0.39 is 42.6 Å². The Balaban J connectivity index is 1.33. The summed E-state index contributed by atoms with van der Waals surface area (Å²) >= 11 is 0. The van der Waals surface area contributed by atoms with Crippen molar-refractivity contribution in [2.45, 2.75) is 143 Å². The van der Waals surface area contributed by atoms with E-state index in [9.17, 15) is 25.2 Å². The van der Waals surface area contributed by atoms with Gasteiger partial charge in [0.2, 0.25) is 0 Å². The lowest BCUT2D eigenvalue weighted by Gasteiger charge is -2.60. The average molecular weight is 603 g/mol. The number of aliphatic hydroxyl groups is 4. The van der Waals surface area contributed by atoms with Crippen molar-refractivity contribution < 1.29 is 34.7 Å². The first-order valence-electron chi connectivity index (χ1n) is 17.0. The summed E-state index contributed by atoms with van der Waals surface area (Å²) in [5, 5.41) is 45.2. The highest BCUT2D eigenvalue weighted by molar-refractivity contribution is 5.66. The van der Waals surface area contributed by atoms with Gasteiger partial charge < -0.3 is 29.9 Å². The number of aliphatic hydroxyl groups excluding tert-OH is 4. The van der Waals surface area contributed by atoms with Crippen LogP contribution in [0.25, 0.3) is 0 Å². The molecule has 1 heterocycles. The fraction of sp³-hybridized carbons (Fsp3) is 0.861. The van der Waals surface area contributed by atoms with Crippen molar-refractivity contribution in [3.05, 3.63) is 23.8 Å². The fourth-order valence-electron chi connectivity index (χ4n) is 10.7. The molecule has 244 valence electrons. The molecule has 5 rings (SSSR count). The van der Waals surface area contributed by atoms with Gasteiger partial charge in [-0.1, -0.05) is 58.4 Å². The summed E-state index contributed by atoms with van der Waals surface area (Å²) in [6, 6.07) is 0. The van der Waals surface area contributed by atoms with Crippen molar-refractivity contribution in [2.24, 2.45) is 52.3 Å². The lowest BCUT2D eigenvalue weighted by Crippen LogP contribution is -2.61. The highest BCUT2D eigenvalue weighted by atomic mass is 16.6. The number of rotatable bonds is 7. The smallest absolute Gasteiger partial charge is 0.303 e. The van der Waals surface area contributed by atoms with E-state index in [1.165, 1.54) is 18.1 Å². The van der Waals surface area contributed by atoms with Crippen LogP contribution in [0.5, 0.6) is 0 Å². The van der Waals surface area contributed by atoms with Crippen LogP contribution in [0, 0.1) is 52.3 Å². The Morgan fingerprint density at radius 1 is 1.09 bits per heavy atom. The highest BCUT2D eigenvalue weighted by Gasteiger charge is 2.63. The van der Waals surface area contributed by atoms with Gasteiger partial charge >= 0.3 is 5.97 Å². The molecule has 0 aromatic carbocycles. The van der Waals surface area contributed by atoms with Crippen LogP contribution in [0.4, 0.5) is 0 Å². The number of ether oxygens (including phenoxy) is 2. The summed E-state index contributed by atoms with van der Waals surface area (Å²) < 4.78 is 11.5. The van der Waals surface area contributed by atoms with Gasteiger partial charge in [-0.05, 0) is 111 Å². The number of allylic oxidation sites excluding steroid dienone is 2. The molecule has 5 aliphatic rings. The van der Waals surface area contributed by atoms with E-state index in [0.717, 1.165) is 44.9 Å². The Bertz CT molecular complexity index is 1090. The Morgan fingerprint density at radius 3 is 2.44 bits per heavy atom. The molecule has 7 nitrogen and oxygen atoms in total. The quantitative estimate of drug-likeness (QED) is 0.234. The fourth-order valence-corrected chi connectivity index (χ4v) is 10.7. The van der Waals surface area contributed by atoms with Gasteiger partial charge in [-0.2, -0.15) is 0 Å². The van der Waals surface area contributed by atoms with Gasteiger partial charge in [0.15, 0.2) is 6.10 Å². The second-order valence-corrected chi connectivity index (χ2v) is 16.0. The predicted molar refractivity (Wildman–Crippen MR) is 166 cm³/mol. The monoisotopic (exact) mass is 602 g/mol. The van der Waals surface area contributed by atoms with Crippen LogP contribution < -0.4 is 0 Å². The van der Waals surface area contributed by atoms with Crippen molar-refractivity contribution >= 4 is 5.97 Å². The van der Waals surface area contributed by atoms with Crippen molar-refractivity contribution in [1.29, 1.82) is 0 Å². The lowest BCUT2D eigenvalue weighted by atomic mass is 9.45. The van der Waals surface area contributed by atoms with E-state index in [-0.39, 0.29) is 40.6 Å². The maximum absolute atomic E-state index is 11.8. The first-order valence-corrected chi connectivity index (χ1v) is 17.0. The Morgan fingerprint density at radius 2 is 1.79 bits per heavy atom. The van der Waals surface area contributed by atoms with Gasteiger partial charge in [0.25, 0.3) is 0 Å². The molecule has 1 aliphatic heterocycles. The normalized spacial score (nSPS) is 48.5. The third-order valence-electron chi connectivity index (χ3n) is 13.3. The first-order chi connectivity index (χ1) is 20.1. The second-order valence-electron chi connectivity index (χ2n) is 16.0. The second kappa shape index (κ2) is 12.2. The van der Waals surface area contributed by atoms with E-state index >= 15 is 0 Å². The molecule has 4 fully saturated rings. The lowest BCUT2D eigenvalue weighted by molar-refractivity contribution is -0.240. The molecule has 0 spiro atoms. The van der Waals surface area contributed by atoms with Gasteiger partial charge in [0.1, 0.15) is 12.2 Å². The third-order valence-corrected chi connectivity index (χ3v) is 13.3. The molecule has 1 saturated heterocycles. The molecular weight excluding hydrogens is 544 g/mol. The Hall–Kier alpha value is -1.25. The van der Waals surface area contributed by atoms with Gasteiger partial charge in [0, 0.05) is 6.92 Å². The molecule has 0 unspecified atom stereocenters. The van der Waals surface area contributed by atoms with Crippen LogP contribution in [0.1, 0.15) is 99.8 Å². The van der Waals surface area contributed by atoms with Gasteiger partial charge in [-0.3, -0.25) is 4.79 Å². The van der Waals surface area contributed by atoms with E-state index in [0.29, 0.717) is 24.2 Å². The third kappa shape index (κ3) is 5.68. The zero-order chi connectivity index (χ0) is 31.6. The van der Waals surface area contributed by atoms with E-state index in [2.05, 4.69) is 47.3 Å². The predicted octanol–water partition coefficient (Wildman–Crippen LogP) is 5.19. The van der Waals surface area contributed by atoms with Crippen molar-refractivity contribution in [3.8, 4) is 0 Å². The molecule has 3 saturated carbocycles. The first kappa shape index (κ1) is 33.1. The summed E-state index contributed by atoms with van der Waals surface area (Å²) in [5.74, 6) is 1.36. The van der Waals surface area contributed by atoms with E-state index in [4.69, 9.17) is 9.47 Å². The maximum atomic E-state index is 11.8.